The lowest BCUT2D eigenvalue weighted by Crippen LogP contribution is -2.29. The van der Waals surface area contributed by atoms with Crippen molar-refractivity contribution in [3.8, 4) is 22.8 Å². The summed E-state index contributed by atoms with van der Waals surface area (Å²) in [6, 6.07) is 12.3. The van der Waals surface area contributed by atoms with Gasteiger partial charge in [-0.15, -0.1) is 13.2 Å². The molecule has 2 aromatic carbocycles. The van der Waals surface area contributed by atoms with Gasteiger partial charge in [-0.3, -0.25) is 9.59 Å². The highest BCUT2D eigenvalue weighted by Crippen LogP contribution is 2.31. The average molecular weight is 488 g/mol. The summed E-state index contributed by atoms with van der Waals surface area (Å²) < 4.78 is 46.3. The van der Waals surface area contributed by atoms with E-state index in [1.165, 1.54) is 13.2 Å². The number of carboxylic acid groups (broad SMARTS) is 1. The molecule has 182 valence electrons. The lowest BCUT2D eigenvalue weighted by molar-refractivity contribution is -0.274. The van der Waals surface area contributed by atoms with Crippen LogP contribution in [0, 0.1) is 0 Å². The highest BCUT2D eigenvalue weighted by atomic mass is 19.4. The first-order chi connectivity index (χ1) is 16.5. The second-order valence-electron chi connectivity index (χ2n) is 6.99. The van der Waals surface area contributed by atoms with Gasteiger partial charge in [0.25, 0.3) is 0 Å². The Labute approximate surface area is 196 Å². The van der Waals surface area contributed by atoms with Gasteiger partial charge >= 0.3 is 6.36 Å². The number of anilines is 2. The van der Waals surface area contributed by atoms with E-state index >= 15 is 0 Å². The molecule has 0 saturated heterocycles. The first kappa shape index (κ1) is 25.0. The number of nitrogens with zero attached hydrogens (tertiary/aromatic N) is 1. The Bertz CT molecular complexity index is 1250. The number of ketones is 1. The minimum Gasteiger partial charge on any atom is -0.530 e. The molecule has 3 aromatic rings. The van der Waals surface area contributed by atoms with Crippen molar-refractivity contribution in [2.24, 2.45) is 0 Å². The van der Waals surface area contributed by atoms with E-state index in [4.69, 9.17) is 4.74 Å². The number of alkyl halides is 3. The molecule has 35 heavy (non-hydrogen) atoms. The SMILES string of the molecule is COc1ccc(-c2cccc(C(=O)CC(=O)Nc3cc(OC(F)(F)F)ccc3NC(=O)[O-])c2)cn1. The number of carbonyl (C=O) groups is 3. The van der Waals surface area contributed by atoms with Crippen LogP contribution in [0.25, 0.3) is 11.1 Å². The predicted octanol–water partition coefficient (Wildman–Crippen LogP) is 3.62. The molecule has 0 unspecified atom stereocenters. The molecule has 0 saturated carbocycles. The molecule has 0 aliphatic heterocycles. The van der Waals surface area contributed by atoms with E-state index < -0.39 is 36.3 Å². The summed E-state index contributed by atoms with van der Waals surface area (Å²) in [5, 5.41) is 14.9. The summed E-state index contributed by atoms with van der Waals surface area (Å²) >= 11 is 0. The fraction of sp³-hybridized carbons (Fsp3) is 0.130. The van der Waals surface area contributed by atoms with E-state index in [0.29, 0.717) is 17.0 Å². The molecule has 0 radical (unpaired) electrons. The molecule has 3 rings (SSSR count). The van der Waals surface area contributed by atoms with Gasteiger partial charge in [0.05, 0.1) is 24.9 Å². The second-order valence-corrected chi connectivity index (χ2v) is 6.99. The highest BCUT2D eigenvalue weighted by Gasteiger charge is 2.31. The Hall–Kier alpha value is -4.61. The normalized spacial score (nSPS) is 10.9. The molecule has 0 aliphatic rings. The van der Waals surface area contributed by atoms with Crippen LogP contribution in [0.1, 0.15) is 16.8 Å². The van der Waals surface area contributed by atoms with Crippen LogP contribution in [-0.4, -0.2) is 36.2 Å². The van der Waals surface area contributed by atoms with E-state index in [-0.39, 0.29) is 16.9 Å². The van der Waals surface area contributed by atoms with Gasteiger partial charge in [-0.1, -0.05) is 18.2 Å². The fourth-order valence-electron chi connectivity index (χ4n) is 3.03. The Morgan fingerprint density at radius 3 is 2.37 bits per heavy atom. The zero-order chi connectivity index (χ0) is 25.6. The number of ether oxygens (including phenoxy) is 2. The summed E-state index contributed by atoms with van der Waals surface area (Å²) in [5.74, 6) is -1.77. The van der Waals surface area contributed by atoms with E-state index in [1.54, 1.807) is 36.5 Å². The first-order valence-electron chi connectivity index (χ1n) is 9.85. The number of carbonyl (C=O) groups excluding carboxylic acids is 3. The van der Waals surface area contributed by atoms with Gasteiger partial charge in [0.15, 0.2) is 5.78 Å². The quantitative estimate of drug-likeness (QED) is 0.366. The number of hydrogen-bond acceptors (Lipinski definition) is 7. The topological polar surface area (TPSA) is 130 Å². The molecular weight excluding hydrogens is 471 g/mol. The summed E-state index contributed by atoms with van der Waals surface area (Å²) in [5.41, 5.74) is 0.935. The van der Waals surface area contributed by atoms with Gasteiger partial charge in [0.1, 0.15) is 11.8 Å². The van der Waals surface area contributed by atoms with Crippen molar-refractivity contribution in [2.45, 2.75) is 12.8 Å². The maximum atomic E-state index is 12.7. The van der Waals surface area contributed by atoms with Gasteiger partial charge in [-0.2, -0.15) is 0 Å². The molecule has 2 N–H and O–H groups in total. The van der Waals surface area contributed by atoms with Crippen molar-refractivity contribution in [1.29, 1.82) is 0 Å². The van der Waals surface area contributed by atoms with Crippen LogP contribution in [0.3, 0.4) is 0 Å². The number of amides is 2. The Morgan fingerprint density at radius 1 is 0.971 bits per heavy atom. The van der Waals surface area contributed by atoms with Crippen molar-refractivity contribution in [1.82, 2.24) is 4.98 Å². The molecular formula is C23H17F3N3O6-. The maximum absolute atomic E-state index is 12.7. The molecule has 0 fully saturated rings. The second kappa shape index (κ2) is 10.5. The Morgan fingerprint density at radius 2 is 1.74 bits per heavy atom. The molecule has 2 amide bonds. The molecule has 9 nitrogen and oxygen atoms in total. The number of Topliss-reactive ketones (excluding diaryl/α,β-unsaturated/α-hetero) is 1. The van der Waals surface area contributed by atoms with Gasteiger partial charge in [0, 0.05) is 29.5 Å². The van der Waals surface area contributed by atoms with Crippen molar-refractivity contribution >= 4 is 29.2 Å². The van der Waals surface area contributed by atoms with Gasteiger partial charge in [0.2, 0.25) is 11.8 Å². The van der Waals surface area contributed by atoms with Crippen molar-refractivity contribution in [3.63, 3.8) is 0 Å². The molecule has 1 aromatic heterocycles. The summed E-state index contributed by atoms with van der Waals surface area (Å²) in [6.07, 6.45) is -5.88. The Kier molecular flexibility index (Phi) is 7.54. The Balaban J connectivity index is 1.75. The van der Waals surface area contributed by atoms with Gasteiger partial charge in [-0.25, -0.2) is 4.98 Å². The van der Waals surface area contributed by atoms with Crippen LogP contribution in [0.15, 0.2) is 60.8 Å². The van der Waals surface area contributed by atoms with Crippen LogP contribution >= 0.6 is 0 Å². The number of aromatic nitrogens is 1. The minimum atomic E-state index is -5.01. The van der Waals surface area contributed by atoms with Crippen LogP contribution < -0.4 is 25.2 Å². The van der Waals surface area contributed by atoms with E-state index in [2.05, 4.69) is 15.0 Å². The fourth-order valence-corrected chi connectivity index (χ4v) is 3.03. The van der Waals surface area contributed by atoms with Crippen LogP contribution in [0.4, 0.5) is 29.3 Å². The minimum absolute atomic E-state index is 0.204. The molecule has 12 heteroatoms. The third-order valence-electron chi connectivity index (χ3n) is 4.52. The number of rotatable bonds is 8. The number of methoxy groups -OCH3 is 1. The molecule has 0 aliphatic carbocycles. The number of nitrogens with one attached hydrogen (secondary N) is 2. The maximum Gasteiger partial charge on any atom is 0.573 e. The van der Waals surface area contributed by atoms with Crippen molar-refractivity contribution < 1.29 is 42.1 Å². The largest absolute Gasteiger partial charge is 0.573 e. The van der Waals surface area contributed by atoms with Crippen LogP contribution in [-0.2, 0) is 4.79 Å². The lowest BCUT2D eigenvalue weighted by atomic mass is 10.0. The molecule has 0 atom stereocenters. The van der Waals surface area contributed by atoms with Crippen molar-refractivity contribution in [2.75, 3.05) is 17.7 Å². The summed E-state index contributed by atoms with van der Waals surface area (Å²) in [6.45, 7) is 0. The molecule has 0 bridgehead atoms. The number of pyridine rings is 1. The van der Waals surface area contributed by atoms with Gasteiger partial charge in [-0.05, 0) is 29.8 Å². The predicted molar refractivity (Wildman–Crippen MR) is 116 cm³/mol. The zero-order valence-electron chi connectivity index (χ0n) is 18.0. The first-order valence-corrected chi connectivity index (χ1v) is 9.85. The summed E-state index contributed by atoms with van der Waals surface area (Å²) in [7, 11) is 1.48. The van der Waals surface area contributed by atoms with Crippen molar-refractivity contribution in [3.05, 3.63) is 66.4 Å². The monoisotopic (exact) mass is 488 g/mol. The van der Waals surface area contributed by atoms with Crippen LogP contribution in [0.5, 0.6) is 11.6 Å². The average Bonchev–Trinajstić information content (AvgIpc) is 2.79. The lowest BCUT2D eigenvalue weighted by Gasteiger charge is -2.16. The highest BCUT2D eigenvalue weighted by molar-refractivity contribution is 6.12. The molecule has 1 heterocycles. The number of halogens is 3. The summed E-state index contributed by atoms with van der Waals surface area (Å²) in [4.78, 5) is 40.1. The third-order valence-corrected chi connectivity index (χ3v) is 4.52. The molecule has 0 spiro atoms. The third kappa shape index (κ3) is 7.19. The van der Waals surface area contributed by atoms with Crippen LogP contribution in [0.2, 0.25) is 0 Å². The van der Waals surface area contributed by atoms with E-state index in [1.807, 2.05) is 5.32 Å². The number of hydrogen-bond donors (Lipinski definition) is 2. The van der Waals surface area contributed by atoms with E-state index in [9.17, 15) is 32.7 Å². The smallest absolute Gasteiger partial charge is 0.530 e. The number of benzene rings is 2. The zero-order valence-corrected chi connectivity index (χ0v) is 18.0. The van der Waals surface area contributed by atoms with Gasteiger partial charge < -0.3 is 30.0 Å². The standard InChI is InChI=1S/C23H18F3N3O6/c1-34-21-8-5-15(12-27-21)13-3-2-4-14(9-13)19(30)11-20(31)28-18-10-16(35-23(24,25)26)6-7-17(18)29-22(32)33/h2-10,12,29H,11H2,1H3,(H,28,31)(H,32,33)/p-1. The van der Waals surface area contributed by atoms with E-state index in [0.717, 1.165) is 18.2 Å².